The first kappa shape index (κ1) is 21.6. The molecule has 0 aromatic heterocycles. The van der Waals surface area contributed by atoms with Crippen molar-refractivity contribution in [2.45, 2.75) is 37.8 Å². The number of hydrogen-bond acceptors (Lipinski definition) is 4. The molecule has 1 aromatic carbocycles. The molecule has 1 fully saturated rings. The molecule has 0 unspecified atom stereocenters. The number of likely N-dealkylation sites (tertiary alicyclic amines) is 1. The van der Waals surface area contributed by atoms with E-state index in [-0.39, 0.29) is 29.7 Å². The minimum absolute atomic E-state index is 0.0208. The Morgan fingerprint density at radius 1 is 1.31 bits per heavy atom. The number of amides is 1. The van der Waals surface area contributed by atoms with Crippen molar-refractivity contribution in [3.8, 4) is 0 Å². The highest BCUT2D eigenvalue weighted by Crippen LogP contribution is 2.30. The summed E-state index contributed by atoms with van der Waals surface area (Å²) in [7, 11) is -3.80. The second-order valence-electron chi connectivity index (χ2n) is 7.90. The van der Waals surface area contributed by atoms with Crippen LogP contribution in [0.5, 0.6) is 0 Å². The molecule has 3 rings (SSSR count). The quantitative estimate of drug-likeness (QED) is 0.735. The molecule has 0 bridgehead atoms. The number of carbonyl (C=O) groups is 1. The summed E-state index contributed by atoms with van der Waals surface area (Å²) < 4.78 is 67.4. The van der Waals surface area contributed by atoms with Crippen molar-refractivity contribution in [3.63, 3.8) is 0 Å². The Hall–Kier alpha value is -2.10. The molecule has 1 aromatic rings. The highest BCUT2D eigenvalue weighted by atomic mass is 32.2. The van der Waals surface area contributed by atoms with Crippen LogP contribution in [0, 0.1) is 11.8 Å². The summed E-state index contributed by atoms with van der Waals surface area (Å²) in [6.45, 7) is 2.91. The second kappa shape index (κ2) is 7.97. The van der Waals surface area contributed by atoms with E-state index in [1.54, 1.807) is 36.9 Å². The summed E-state index contributed by atoms with van der Waals surface area (Å²) >= 11 is 0. The molecular formula is C19H24F3N3O3S. The second-order valence-corrected chi connectivity index (χ2v) is 9.47. The number of nitrogens with zero attached hydrogens (tertiary/aromatic N) is 3. The Labute approximate surface area is 168 Å². The van der Waals surface area contributed by atoms with Crippen LogP contribution < -0.4 is 0 Å². The van der Waals surface area contributed by atoms with Gasteiger partial charge in [0.15, 0.2) is 5.84 Å². The first-order chi connectivity index (χ1) is 13.5. The average molecular weight is 431 g/mol. The molecule has 2 aliphatic rings. The van der Waals surface area contributed by atoms with E-state index in [9.17, 15) is 26.4 Å². The van der Waals surface area contributed by atoms with E-state index < -0.39 is 34.6 Å². The summed E-state index contributed by atoms with van der Waals surface area (Å²) in [4.78, 5) is 15.6. The number of hydrogen-bond donors (Lipinski definition) is 0. The van der Waals surface area contributed by atoms with Crippen molar-refractivity contribution < 1.29 is 26.4 Å². The summed E-state index contributed by atoms with van der Waals surface area (Å²) in [5.41, 5.74) is 0.468. The maximum Gasteiger partial charge on any atom is 0.406 e. The molecule has 6 nitrogen and oxygen atoms in total. The van der Waals surface area contributed by atoms with Crippen LogP contribution in [0.2, 0.25) is 0 Å². The van der Waals surface area contributed by atoms with Crippen molar-refractivity contribution in [1.29, 1.82) is 0 Å². The number of sulfonamides is 1. The van der Waals surface area contributed by atoms with E-state index in [0.29, 0.717) is 24.9 Å². The van der Waals surface area contributed by atoms with Crippen molar-refractivity contribution in [2.24, 2.45) is 16.2 Å². The molecule has 2 heterocycles. The summed E-state index contributed by atoms with van der Waals surface area (Å²) in [5.74, 6) is -1.01. The van der Waals surface area contributed by atoms with Gasteiger partial charge in [0, 0.05) is 25.2 Å². The predicted octanol–water partition coefficient (Wildman–Crippen LogP) is 2.89. The van der Waals surface area contributed by atoms with Gasteiger partial charge < -0.3 is 9.80 Å². The number of benzene rings is 1. The van der Waals surface area contributed by atoms with Gasteiger partial charge in [-0.05, 0) is 30.9 Å². The minimum Gasteiger partial charge on any atom is -0.355 e. The molecular weight excluding hydrogens is 407 g/mol. The van der Waals surface area contributed by atoms with Crippen molar-refractivity contribution in [3.05, 3.63) is 29.8 Å². The fourth-order valence-corrected chi connectivity index (χ4v) is 5.06. The normalized spacial score (nSPS) is 21.1. The lowest BCUT2D eigenvalue weighted by Crippen LogP contribution is -2.49. The molecule has 1 saturated heterocycles. The van der Waals surface area contributed by atoms with Gasteiger partial charge in [0.2, 0.25) is 5.91 Å². The molecule has 0 aliphatic carbocycles. The zero-order valence-electron chi connectivity index (χ0n) is 16.3. The van der Waals surface area contributed by atoms with Crippen LogP contribution in [0.15, 0.2) is 33.6 Å². The van der Waals surface area contributed by atoms with E-state index in [2.05, 4.69) is 4.40 Å². The fourth-order valence-electron chi connectivity index (χ4n) is 3.84. The monoisotopic (exact) mass is 431 g/mol. The lowest BCUT2D eigenvalue weighted by atomic mass is 9.95. The first-order valence-electron chi connectivity index (χ1n) is 9.53. The fraction of sp³-hybridized carbons (Fsp3) is 0.579. The van der Waals surface area contributed by atoms with Crippen LogP contribution in [-0.4, -0.2) is 62.3 Å². The zero-order valence-corrected chi connectivity index (χ0v) is 17.1. The summed E-state index contributed by atoms with van der Waals surface area (Å²) in [6, 6.07) is 6.44. The Balaban J connectivity index is 1.81. The number of fused-ring (bicyclic) bond motifs is 1. The van der Waals surface area contributed by atoms with Gasteiger partial charge in [-0.2, -0.15) is 21.6 Å². The largest absolute Gasteiger partial charge is 0.406 e. The molecule has 1 atom stereocenters. The molecule has 0 saturated carbocycles. The lowest BCUT2D eigenvalue weighted by molar-refractivity contribution is -0.165. The SMILES string of the molecule is CC(C)CN(CC(F)(F)F)C(=O)[C@H]1CCCN(C2=NS(=O)(=O)c3ccccc32)C1. The number of amidine groups is 1. The predicted molar refractivity (Wildman–Crippen MR) is 102 cm³/mol. The van der Waals surface area contributed by atoms with Gasteiger partial charge in [0.1, 0.15) is 11.4 Å². The molecule has 29 heavy (non-hydrogen) atoms. The van der Waals surface area contributed by atoms with Crippen molar-refractivity contribution >= 4 is 21.8 Å². The van der Waals surface area contributed by atoms with Gasteiger partial charge >= 0.3 is 6.18 Å². The zero-order chi connectivity index (χ0) is 21.4. The van der Waals surface area contributed by atoms with Crippen LogP contribution in [0.4, 0.5) is 13.2 Å². The molecule has 0 N–H and O–H groups in total. The van der Waals surface area contributed by atoms with E-state index in [1.165, 1.54) is 6.07 Å². The standard InChI is InChI=1S/C19H24F3N3O3S/c1-13(2)10-25(12-19(20,21)22)18(26)14-6-5-9-24(11-14)17-15-7-3-4-8-16(15)29(27,28)23-17/h3-4,7-8,13-14H,5-6,9-12H2,1-2H3/t14-/m0/s1. The number of carbonyl (C=O) groups excluding carboxylic acids is 1. The maximum absolute atomic E-state index is 13.0. The molecule has 0 spiro atoms. The van der Waals surface area contributed by atoms with E-state index >= 15 is 0 Å². The Kier molecular flexibility index (Phi) is 5.93. The van der Waals surface area contributed by atoms with Crippen molar-refractivity contribution in [1.82, 2.24) is 9.80 Å². The van der Waals surface area contributed by atoms with Gasteiger partial charge in [-0.15, -0.1) is 4.40 Å². The van der Waals surface area contributed by atoms with Crippen molar-refractivity contribution in [2.75, 3.05) is 26.2 Å². The van der Waals surface area contributed by atoms with Gasteiger partial charge in [-0.1, -0.05) is 26.0 Å². The lowest BCUT2D eigenvalue weighted by Gasteiger charge is -2.36. The van der Waals surface area contributed by atoms with Gasteiger partial charge in [0.05, 0.1) is 5.92 Å². The smallest absolute Gasteiger partial charge is 0.355 e. The van der Waals surface area contributed by atoms with Crippen LogP contribution in [-0.2, 0) is 14.8 Å². The van der Waals surface area contributed by atoms with Crippen LogP contribution >= 0.6 is 0 Å². The van der Waals surface area contributed by atoms with E-state index in [0.717, 1.165) is 4.90 Å². The van der Waals surface area contributed by atoms with E-state index in [1.807, 2.05) is 0 Å². The van der Waals surface area contributed by atoms with Gasteiger partial charge in [-0.3, -0.25) is 4.79 Å². The van der Waals surface area contributed by atoms with Crippen LogP contribution in [0.25, 0.3) is 0 Å². The minimum atomic E-state index is -4.47. The van der Waals surface area contributed by atoms with Gasteiger partial charge in [0.25, 0.3) is 10.0 Å². The average Bonchev–Trinajstić information content (AvgIpc) is 2.91. The van der Waals surface area contributed by atoms with Crippen LogP contribution in [0.3, 0.4) is 0 Å². The molecule has 10 heteroatoms. The third kappa shape index (κ3) is 4.91. The number of piperidine rings is 1. The third-order valence-electron chi connectivity index (χ3n) is 4.95. The molecule has 2 aliphatic heterocycles. The highest BCUT2D eigenvalue weighted by molar-refractivity contribution is 7.90. The third-order valence-corrected chi connectivity index (χ3v) is 6.28. The van der Waals surface area contributed by atoms with E-state index in [4.69, 9.17) is 0 Å². The number of alkyl halides is 3. The molecule has 0 radical (unpaired) electrons. The summed E-state index contributed by atoms with van der Waals surface area (Å²) in [5, 5.41) is 0. The Bertz CT molecular complexity index is 913. The van der Waals surface area contributed by atoms with Gasteiger partial charge in [-0.25, -0.2) is 0 Å². The Morgan fingerprint density at radius 3 is 2.66 bits per heavy atom. The Morgan fingerprint density at radius 2 is 2.00 bits per heavy atom. The van der Waals surface area contributed by atoms with Crippen LogP contribution in [0.1, 0.15) is 32.3 Å². The highest BCUT2D eigenvalue weighted by Gasteiger charge is 2.39. The number of rotatable bonds is 4. The topological polar surface area (TPSA) is 70.1 Å². The summed E-state index contributed by atoms with van der Waals surface area (Å²) in [6.07, 6.45) is -3.44. The first-order valence-corrected chi connectivity index (χ1v) is 11.0. The maximum atomic E-state index is 13.0. The molecule has 1 amide bonds. The molecule has 160 valence electrons. The number of halogens is 3.